The Morgan fingerprint density at radius 3 is 2.48 bits per heavy atom. The van der Waals surface area contributed by atoms with E-state index in [2.05, 4.69) is 20.3 Å². The number of ether oxygens (including phenoxy) is 1. The lowest BCUT2D eigenvalue weighted by atomic mass is 10.1. The van der Waals surface area contributed by atoms with Gasteiger partial charge in [-0.2, -0.15) is 18.2 Å². The van der Waals surface area contributed by atoms with Crippen molar-refractivity contribution < 1.29 is 31.9 Å². The molecular formula is C19H16F4N6O3S. The second-order valence-electron chi connectivity index (χ2n) is 6.96. The fourth-order valence-corrected chi connectivity index (χ4v) is 4.07. The number of urea groups is 1. The monoisotopic (exact) mass is 484 g/mol. The third kappa shape index (κ3) is 4.65. The van der Waals surface area contributed by atoms with E-state index in [1.165, 1.54) is 23.2 Å². The standard InChI is InChI=1S/C19H16F4N6O3S/c1-32-14-13-15(25-9-24-14)33-17(26-13)27-18(31)29-6-4-28(5-7-29)16(30)10-2-3-12(20)11(8-10)19(21,22)23/h2-3,8-9H,4-7H2,1H3,(H,26,27,31). The number of rotatable bonds is 3. The van der Waals surface area contributed by atoms with E-state index >= 15 is 0 Å². The minimum absolute atomic E-state index is 0.101. The van der Waals surface area contributed by atoms with Crippen LogP contribution in [0.15, 0.2) is 24.5 Å². The van der Waals surface area contributed by atoms with Gasteiger partial charge in [-0.15, -0.1) is 0 Å². The predicted octanol–water partition coefficient (Wildman–Crippen LogP) is 3.24. The fraction of sp³-hybridized carbons (Fsp3) is 0.316. The van der Waals surface area contributed by atoms with Gasteiger partial charge < -0.3 is 14.5 Å². The van der Waals surface area contributed by atoms with Crippen LogP contribution in [0.3, 0.4) is 0 Å². The normalized spacial score (nSPS) is 14.5. The first-order chi connectivity index (χ1) is 15.7. The smallest absolute Gasteiger partial charge is 0.419 e. The quantitative estimate of drug-likeness (QED) is 0.573. The van der Waals surface area contributed by atoms with Gasteiger partial charge in [0.1, 0.15) is 12.1 Å². The molecule has 2 aromatic heterocycles. The molecule has 1 aromatic carbocycles. The number of carbonyl (C=O) groups excluding carboxylic acids is 2. The number of anilines is 1. The van der Waals surface area contributed by atoms with Crippen LogP contribution in [0.25, 0.3) is 10.3 Å². The van der Waals surface area contributed by atoms with Crippen LogP contribution in [0.2, 0.25) is 0 Å². The lowest BCUT2D eigenvalue weighted by Gasteiger charge is -2.34. The molecule has 0 atom stereocenters. The van der Waals surface area contributed by atoms with Gasteiger partial charge >= 0.3 is 12.2 Å². The van der Waals surface area contributed by atoms with E-state index in [1.54, 1.807) is 0 Å². The highest BCUT2D eigenvalue weighted by Gasteiger charge is 2.35. The molecule has 1 aliphatic rings. The third-order valence-corrected chi connectivity index (χ3v) is 5.82. The topological polar surface area (TPSA) is 101 Å². The Morgan fingerprint density at radius 1 is 1.12 bits per heavy atom. The van der Waals surface area contributed by atoms with Gasteiger partial charge in [0, 0.05) is 31.7 Å². The molecule has 14 heteroatoms. The van der Waals surface area contributed by atoms with Gasteiger partial charge in [0.2, 0.25) is 5.88 Å². The Balaban J connectivity index is 1.39. The third-order valence-electron chi connectivity index (χ3n) is 4.94. The van der Waals surface area contributed by atoms with Crippen LogP contribution in [-0.4, -0.2) is 70.0 Å². The number of hydrogen-bond donors (Lipinski definition) is 1. The number of thiazole rings is 1. The Morgan fingerprint density at radius 2 is 1.82 bits per heavy atom. The Hall–Kier alpha value is -3.55. The zero-order valence-corrected chi connectivity index (χ0v) is 17.8. The first kappa shape index (κ1) is 22.6. The van der Waals surface area contributed by atoms with Gasteiger partial charge in [0.15, 0.2) is 15.5 Å². The summed E-state index contributed by atoms with van der Waals surface area (Å²) >= 11 is 1.14. The van der Waals surface area contributed by atoms with Crippen molar-refractivity contribution in [3.63, 3.8) is 0 Å². The molecule has 0 radical (unpaired) electrons. The maximum Gasteiger partial charge on any atom is 0.419 e. The molecule has 4 rings (SSSR count). The molecule has 3 heterocycles. The number of fused-ring (bicyclic) bond motifs is 1. The van der Waals surface area contributed by atoms with Crippen molar-refractivity contribution in [2.45, 2.75) is 6.18 Å². The fourth-order valence-electron chi connectivity index (χ4n) is 3.28. The number of nitrogens with one attached hydrogen (secondary N) is 1. The van der Waals surface area contributed by atoms with Crippen molar-refractivity contribution in [2.75, 3.05) is 38.6 Å². The Kier molecular flexibility index (Phi) is 6.01. The molecule has 174 valence electrons. The average Bonchev–Trinajstić information content (AvgIpc) is 3.20. The zero-order valence-electron chi connectivity index (χ0n) is 17.0. The van der Waals surface area contributed by atoms with Crippen LogP contribution >= 0.6 is 11.3 Å². The van der Waals surface area contributed by atoms with Gasteiger partial charge in [-0.1, -0.05) is 11.3 Å². The molecule has 33 heavy (non-hydrogen) atoms. The second-order valence-corrected chi connectivity index (χ2v) is 7.94. The predicted molar refractivity (Wildman–Crippen MR) is 110 cm³/mol. The van der Waals surface area contributed by atoms with Crippen molar-refractivity contribution in [1.29, 1.82) is 0 Å². The summed E-state index contributed by atoms with van der Waals surface area (Å²) in [6.45, 7) is 0.506. The van der Waals surface area contributed by atoms with Crippen LogP contribution in [-0.2, 0) is 6.18 Å². The van der Waals surface area contributed by atoms with Crippen molar-refractivity contribution in [1.82, 2.24) is 24.8 Å². The summed E-state index contributed by atoms with van der Waals surface area (Å²) in [4.78, 5) is 40.8. The maximum atomic E-state index is 13.5. The van der Waals surface area contributed by atoms with Crippen molar-refractivity contribution in [3.05, 3.63) is 41.5 Å². The van der Waals surface area contributed by atoms with Crippen LogP contribution < -0.4 is 10.1 Å². The molecular weight excluding hydrogens is 468 g/mol. The molecule has 0 saturated carbocycles. The van der Waals surface area contributed by atoms with E-state index in [0.717, 1.165) is 17.4 Å². The number of methoxy groups -OCH3 is 1. The number of halogens is 4. The number of amides is 3. The molecule has 0 unspecified atom stereocenters. The van der Waals surface area contributed by atoms with Crippen molar-refractivity contribution >= 4 is 38.8 Å². The number of benzene rings is 1. The minimum atomic E-state index is -4.91. The van der Waals surface area contributed by atoms with Crippen molar-refractivity contribution in [3.8, 4) is 5.88 Å². The molecule has 1 fully saturated rings. The minimum Gasteiger partial charge on any atom is -0.479 e. The summed E-state index contributed by atoms with van der Waals surface area (Å²) in [6.07, 6.45) is -3.59. The largest absolute Gasteiger partial charge is 0.479 e. The van der Waals surface area contributed by atoms with Gasteiger partial charge in [-0.3, -0.25) is 10.1 Å². The van der Waals surface area contributed by atoms with E-state index in [-0.39, 0.29) is 37.6 Å². The molecule has 1 N–H and O–H groups in total. The summed E-state index contributed by atoms with van der Waals surface area (Å²) in [6, 6.07) is 1.68. The second kappa shape index (κ2) is 8.77. The van der Waals surface area contributed by atoms with E-state index in [1.807, 2.05) is 0 Å². The first-order valence-corrected chi connectivity index (χ1v) is 10.4. The first-order valence-electron chi connectivity index (χ1n) is 9.55. The average molecular weight is 484 g/mol. The highest BCUT2D eigenvalue weighted by atomic mass is 32.1. The summed E-state index contributed by atoms with van der Waals surface area (Å²) in [5, 5.41) is 2.95. The van der Waals surface area contributed by atoms with Gasteiger partial charge in [0.25, 0.3) is 5.91 Å². The molecule has 9 nitrogen and oxygen atoms in total. The number of hydrogen-bond acceptors (Lipinski definition) is 7. The lowest BCUT2D eigenvalue weighted by Crippen LogP contribution is -2.51. The van der Waals surface area contributed by atoms with E-state index in [4.69, 9.17) is 4.74 Å². The molecule has 0 bridgehead atoms. The van der Waals surface area contributed by atoms with Crippen LogP contribution in [0.4, 0.5) is 27.5 Å². The summed E-state index contributed by atoms with van der Waals surface area (Å²) < 4.78 is 57.4. The molecule has 3 aromatic rings. The van der Waals surface area contributed by atoms with Gasteiger partial charge in [-0.05, 0) is 18.2 Å². The lowest BCUT2D eigenvalue weighted by molar-refractivity contribution is -0.140. The molecule has 0 spiro atoms. The van der Waals surface area contributed by atoms with E-state index < -0.39 is 29.5 Å². The van der Waals surface area contributed by atoms with E-state index in [0.29, 0.717) is 27.6 Å². The molecule has 1 aliphatic heterocycles. The summed E-state index contributed by atoms with van der Waals surface area (Å²) in [5.41, 5.74) is -1.36. The highest BCUT2D eigenvalue weighted by molar-refractivity contribution is 7.22. The van der Waals surface area contributed by atoms with Crippen molar-refractivity contribution in [2.24, 2.45) is 0 Å². The number of piperazine rings is 1. The summed E-state index contributed by atoms with van der Waals surface area (Å²) in [7, 11) is 1.44. The molecule has 0 aliphatic carbocycles. The number of alkyl halides is 3. The summed E-state index contributed by atoms with van der Waals surface area (Å²) in [5.74, 6) is -1.84. The Bertz CT molecular complexity index is 1210. The number of carbonyl (C=O) groups is 2. The van der Waals surface area contributed by atoms with E-state index in [9.17, 15) is 27.2 Å². The zero-order chi connectivity index (χ0) is 23.8. The van der Waals surface area contributed by atoms with Gasteiger partial charge in [0.05, 0.1) is 12.7 Å². The SMILES string of the molecule is COc1ncnc2sc(NC(=O)N3CCN(C(=O)c4ccc(F)c(C(F)(F)F)c4)CC3)nc12. The number of aromatic nitrogens is 3. The van der Waals surface area contributed by atoms with Crippen LogP contribution in [0.1, 0.15) is 15.9 Å². The molecule has 1 saturated heterocycles. The van der Waals surface area contributed by atoms with Gasteiger partial charge in [-0.25, -0.2) is 19.2 Å². The molecule has 3 amide bonds. The maximum absolute atomic E-state index is 13.5. The van der Waals surface area contributed by atoms with Crippen LogP contribution in [0.5, 0.6) is 5.88 Å². The number of nitrogens with zero attached hydrogens (tertiary/aromatic N) is 5. The van der Waals surface area contributed by atoms with Crippen LogP contribution in [0, 0.1) is 5.82 Å². The Labute approximate surface area is 188 Å². The highest BCUT2D eigenvalue weighted by Crippen LogP contribution is 2.32.